The molecule has 0 fully saturated rings. The molecule has 0 unspecified atom stereocenters. The predicted molar refractivity (Wildman–Crippen MR) is 73.6 cm³/mol. The normalized spacial score (nSPS) is 19.2. The molecule has 1 atom stereocenters. The Balaban J connectivity index is 2.32. The van der Waals surface area contributed by atoms with Crippen LogP contribution in [0, 0.1) is 5.41 Å². The van der Waals surface area contributed by atoms with Crippen LogP contribution in [0.25, 0.3) is 0 Å². The van der Waals surface area contributed by atoms with Gasteiger partial charge in [0.25, 0.3) is 0 Å². The van der Waals surface area contributed by atoms with E-state index < -0.39 is 17.4 Å². The fraction of sp³-hybridized carbons (Fsp3) is 0.400. The molecule has 0 amide bonds. The van der Waals surface area contributed by atoms with Gasteiger partial charge < -0.3 is 9.84 Å². The molecule has 0 spiro atoms. The zero-order chi connectivity index (χ0) is 14.8. The second-order valence-corrected chi connectivity index (χ2v) is 5.46. The lowest BCUT2D eigenvalue weighted by molar-refractivity contribution is -0.139. The van der Waals surface area contributed by atoms with Crippen LogP contribution in [0.4, 0.5) is 0 Å². The van der Waals surface area contributed by atoms with Crippen molar-refractivity contribution < 1.29 is 19.4 Å². The van der Waals surface area contributed by atoms with Crippen molar-refractivity contribution in [2.75, 3.05) is 6.61 Å². The van der Waals surface area contributed by atoms with Gasteiger partial charge in [-0.1, -0.05) is 44.2 Å². The van der Waals surface area contributed by atoms with Crippen LogP contribution in [0.5, 0.6) is 0 Å². The zero-order valence-corrected chi connectivity index (χ0v) is 11.5. The Bertz CT molecular complexity index is 548. The summed E-state index contributed by atoms with van der Waals surface area (Å²) in [7, 11) is 0. The summed E-state index contributed by atoms with van der Waals surface area (Å²) < 4.78 is 5.16. The Labute approximate surface area is 117 Å². The van der Waals surface area contributed by atoms with E-state index in [9.17, 15) is 9.59 Å². The lowest BCUT2D eigenvalue weighted by atomic mass is 9.83. The largest absolute Gasteiger partial charge is 0.481 e. The number of esters is 1. The second-order valence-electron chi connectivity index (χ2n) is 5.46. The third-order valence-corrected chi connectivity index (χ3v) is 3.27. The van der Waals surface area contributed by atoms with Crippen molar-refractivity contribution >= 4 is 17.7 Å². The number of aliphatic carboxylic acids is 1. The minimum Gasteiger partial charge on any atom is -0.481 e. The number of benzene rings is 1. The van der Waals surface area contributed by atoms with E-state index in [-0.39, 0.29) is 24.8 Å². The van der Waals surface area contributed by atoms with Crippen molar-refractivity contribution in [1.82, 2.24) is 0 Å². The summed E-state index contributed by atoms with van der Waals surface area (Å²) in [6.07, 6.45) is -0.164. The number of cyclic esters (lactones) is 1. The lowest BCUT2D eigenvalue weighted by Crippen LogP contribution is -2.38. The van der Waals surface area contributed by atoms with E-state index in [1.54, 1.807) is 13.8 Å². The molecule has 1 aromatic carbocycles. The van der Waals surface area contributed by atoms with Crippen molar-refractivity contribution in [3.05, 3.63) is 35.9 Å². The molecule has 0 aliphatic carbocycles. The first-order valence-corrected chi connectivity index (χ1v) is 6.42. The fourth-order valence-corrected chi connectivity index (χ4v) is 2.23. The standard InChI is InChI=1S/C15H17NO4/c1-15(2,8-12(17)18)13-14(19)20-9-11(16-13)10-6-4-3-5-7-10/h3-7,11H,8-9H2,1-2H3,(H,17,18)/t11-/m0/s1. The van der Waals surface area contributed by atoms with Crippen molar-refractivity contribution in [3.63, 3.8) is 0 Å². The van der Waals surface area contributed by atoms with Gasteiger partial charge >= 0.3 is 11.9 Å². The molecular formula is C15H17NO4. The summed E-state index contributed by atoms with van der Waals surface area (Å²) >= 11 is 0. The van der Waals surface area contributed by atoms with Gasteiger partial charge in [0.05, 0.1) is 6.42 Å². The second kappa shape index (κ2) is 5.45. The van der Waals surface area contributed by atoms with E-state index in [1.807, 2.05) is 30.3 Å². The number of carboxylic acids is 1. The van der Waals surface area contributed by atoms with Gasteiger partial charge in [-0.2, -0.15) is 0 Å². The number of carbonyl (C=O) groups excluding carboxylic acids is 1. The number of carboxylic acid groups (broad SMARTS) is 1. The third kappa shape index (κ3) is 3.04. The van der Waals surface area contributed by atoms with E-state index in [4.69, 9.17) is 9.84 Å². The van der Waals surface area contributed by atoms with Crippen LogP contribution < -0.4 is 0 Å². The average Bonchev–Trinajstić information content (AvgIpc) is 2.38. The number of carbonyl (C=O) groups is 2. The molecule has 0 saturated carbocycles. The first kappa shape index (κ1) is 14.2. The third-order valence-electron chi connectivity index (χ3n) is 3.27. The number of hydrogen-bond donors (Lipinski definition) is 1. The highest BCUT2D eigenvalue weighted by Gasteiger charge is 2.37. The van der Waals surface area contributed by atoms with Gasteiger partial charge in [-0.15, -0.1) is 0 Å². The molecule has 0 saturated heterocycles. The zero-order valence-electron chi connectivity index (χ0n) is 11.5. The fourth-order valence-electron chi connectivity index (χ4n) is 2.23. The van der Waals surface area contributed by atoms with Gasteiger partial charge in [0.15, 0.2) is 0 Å². The molecule has 0 aromatic heterocycles. The number of nitrogens with zero attached hydrogens (tertiary/aromatic N) is 1. The van der Waals surface area contributed by atoms with Gasteiger partial charge in [0, 0.05) is 5.41 Å². The average molecular weight is 275 g/mol. The summed E-state index contributed by atoms with van der Waals surface area (Å²) in [6, 6.07) is 9.24. The summed E-state index contributed by atoms with van der Waals surface area (Å²) in [4.78, 5) is 27.2. The van der Waals surface area contributed by atoms with Crippen molar-refractivity contribution in [2.24, 2.45) is 10.4 Å². The van der Waals surface area contributed by atoms with E-state index in [0.717, 1.165) is 5.56 Å². The summed E-state index contributed by atoms with van der Waals surface area (Å²) in [6.45, 7) is 3.57. The summed E-state index contributed by atoms with van der Waals surface area (Å²) in [5.41, 5.74) is 0.291. The van der Waals surface area contributed by atoms with Gasteiger partial charge in [-0.3, -0.25) is 9.79 Å². The first-order chi connectivity index (χ1) is 9.40. The van der Waals surface area contributed by atoms with Crippen LogP contribution in [0.15, 0.2) is 35.3 Å². The molecule has 1 aromatic rings. The predicted octanol–water partition coefficient (Wildman–Crippen LogP) is 2.23. The van der Waals surface area contributed by atoms with E-state index >= 15 is 0 Å². The molecule has 5 nitrogen and oxygen atoms in total. The molecule has 0 bridgehead atoms. The van der Waals surface area contributed by atoms with Crippen LogP contribution >= 0.6 is 0 Å². The van der Waals surface area contributed by atoms with Crippen molar-refractivity contribution in [3.8, 4) is 0 Å². The number of rotatable bonds is 4. The van der Waals surface area contributed by atoms with Gasteiger partial charge in [-0.25, -0.2) is 4.79 Å². The van der Waals surface area contributed by atoms with Crippen LogP contribution in [-0.2, 0) is 14.3 Å². The van der Waals surface area contributed by atoms with Crippen LogP contribution in [0.2, 0.25) is 0 Å². The molecule has 1 heterocycles. The highest BCUT2D eigenvalue weighted by Crippen LogP contribution is 2.30. The Hall–Kier alpha value is -2.17. The quantitative estimate of drug-likeness (QED) is 0.855. The maximum atomic E-state index is 11.9. The smallest absolute Gasteiger partial charge is 0.352 e. The first-order valence-electron chi connectivity index (χ1n) is 6.42. The minimum atomic E-state index is -0.965. The van der Waals surface area contributed by atoms with E-state index in [1.165, 1.54) is 0 Å². The molecule has 106 valence electrons. The number of aliphatic imine (C=N–C) groups is 1. The topological polar surface area (TPSA) is 76.0 Å². The molecule has 1 N–H and O–H groups in total. The van der Waals surface area contributed by atoms with E-state index in [2.05, 4.69) is 4.99 Å². The molecule has 1 aliphatic heterocycles. The van der Waals surface area contributed by atoms with Crippen LogP contribution in [0.3, 0.4) is 0 Å². The van der Waals surface area contributed by atoms with Gasteiger partial charge in [-0.05, 0) is 5.56 Å². The minimum absolute atomic E-state index is 0.164. The Morgan fingerprint density at radius 3 is 2.65 bits per heavy atom. The highest BCUT2D eigenvalue weighted by molar-refractivity contribution is 6.39. The van der Waals surface area contributed by atoms with Crippen LogP contribution in [0.1, 0.15) is 31.9 Å². The maximum Gasteiger partial charge on any atom is 0.352 e. The maximum absolute atomic E-state index is 11.9. The highest BCUT2D eigenvalue weighted by atomic mass is 16.5. The Kier molecular flexibility index (Phi) is 3.88. The molecule has 20 heavy (non-hydrogen) atoms. The Morgan fingerprint density at radius 2 is 2.05 bits per heavy atom. The molecule has 0 radical (unpaired) electrons. The summed E-state index contributed by atoms with van der Waals surface area (Å²) in [5.74, 6) is -1.49. The Morgan fingerprint density at radius 1 is 1.40 bits per heavy atom. The lowest BCUT2D eigenvalue weighted by Gasteiger charge is -2.29. The van der Waals surface area contributed by atoms with Crippen molar-refractivity contribution in [1.29, 1.82) is 0 Å². The van der Waals surface area contributed by atoms with Crippen LogP contribution in [-0.4, -0.2) is 29.4 Å². The van der Waals surface area contributed by atoms with Crippen molar-refractivity contribution in [2.45, 2.75) is 26.3 Å². The number of ether oxygens (including phenoxy) is 1. The molecule has 2 rings (SSSR count). The number of hydrogen-bond acceptors (Lipinski definition) is 4. The molecule has 1 aliphatic rings. The summed E-state index contributed by atoms with van der Waals surface area (Å²) in [5, 5.41) is 8.94. The van der Waals surface area contributed by atoms with Gasteiger partial charge in [0.1, 0.15) is 18.4 Å². The van der Waals surface area contributed by atoms with E-state index in [0.29, 0.717) is 0 Å². The van der Waals surface area contributed by atoms with Gasteiger partial charge in [0.2, 0.25) is 0 Å². The monoisotopic (exact) mass is 275 g/mol. The molecular weight excluding hydrogens is 258 g/mol. The SMILES string of the molecule is CC(C)(CC(=O)O)C1=N[C@H](c2ccccc2)COC1=O. The molecule has 5 heteroatoms.